The smallest absolute Gasteiger partial charge is 0.311 e. The van der Waals surface area contributed by atoms with Crippen LogP contribution in [0.1, 0.15) is 18.1 Å². The minimum absolute atomic E-state index is 0.0992. The van der Waals surface area contributed by atoms with E-state index in [0.29, 0.717) is 11.3 Å². The maximum Gasteiger partial charge on any atom is 0.311 e. The number of hydrogen-bond acceptors (Lipinski definition) is 4. The van der Waals surface area contributed by atoms with E-state index in [1.165, 1.54) is 7.11 Å². The second kappa shape index (κ2) is 4.45. The van der Waals surface area contributed by atoms with Crippen molar-refractivity contribution in [2.24, 2.45) is 5.92 Å². The molecule has 1 heterocycles. The monoisotopic (exact) mass is 236 g/mol. The standard InChI is InChI=1S/C12H12O5/c1-16-9-5-3-2-4-7(9)11-8(12(14)15)6-10(13)17-11/h2-5,8,11H,6H2,1H3,(H,14,15)/t8-,11-/m0/s1. The second-order valence-electron chi connectivity index (χ2n) is 3.80. The SMILES string of the molecule is COc1ccccc1[C@@H]1OC(=O)C[C@@H]1C(=O)O. The highest BCUT2D eigenvalue weighted by molar-refractivity contribution is 5.83. The normalized spacial score (nSPS) is 23.2. The van der Waals surface area contributed by atoms with Gasteiger partial charge in [-0.05, 0) is 6.07 Å². The van der Waals surface area contributed by atoms with Gasteiger partial charge < -0.3 is 14.6 Å². The van der Waals surface area contributed by atoms with E-state index < -0.39 is 24.0 Å². The Balaban J connectivity index is 2.38. The minimum atomic E-state index is -1.04. The molecule has 0 saturated carbocycles. The van der Waals surface area contributed by atoms with Crippen LogP contribution in [0.25, 0.3) is 0 Å². The third-order valence-electron chi connectivity index (χ3n) is 2.77. The average molecular weight is 236 g/mol. The Kier molecular flexibility index (Phi) is 2.99. The fourth-order valence-corrected chi connectivity index (χ4v) is 1.96. The van der Waals surface area contributed by atoms with E-state index in [1.807, 2.05) is 0 Å². The van der Waals surface area contributed by atoms with Crippen molar-refractivity contribution >= 4 is 11.9 Å². The number of methoxy groups -OCH3 is 1. The molecule has 17 heavy (non-hydrogen) atoms. The molecule has 0 radical (unpaired) electrons. The predicted molar refractivity (Wildman–Crippen MR) is 57.6 cm³/mol. The van der Waals surface area contributed by atoms with E-state index in [9.17, 15) is 9.59 Å². The van der Waals surface area contributed by atoms with E-state index in [1.54, 1.807) is 24.3 Å². The number of carbonyl (C=O) groups excluding carboxylic acids is 1. The third kappa shape index (κ3) is 2.08. The summed E-state index contributed by atoms with van der Waals surface area (Å²) in [5, 5.41) is 9.05. The minimum Gasteiger partial charge on any atom is -0.496 e. The molecule has 1 fully saturated rings. The quantitative estimate of drug-likeness (QED) is 0.803. The number of para-hydroxylation sites is 1. The first kappa shape index (κ1) is 11.4. The number of carboxylic acids is 1. The van der Waals surface area contributed by atoms with Crippen LogP contribution in [0.3, 0.4) is 0 Å². The first-order valence-electron chi connectivity index (χ1n) is 5.18. The molecule has 1 aliphatic heterocycles. The molecule has 0 unspecified atom stereocenters. The average Bonchev–Trinajstić information content (AvgIpc) is 2.71. The fourth-order valence-electron chi connectivity index (χ4n) is 1.96. The van der Waals surface area contributed by atoms with Gasteiger partial charge in [-0.2, -0.15) is 0 Å². The van der Waals surface area contributed by atoms with Crippen molar-refractivity contribution in [3.05, 3.63) is 29.8 Å². The van der Waals surface area contributed by atoms with Crippen LogP contribution in [-0.2, 0) is 14.3 Å². The molecule has 2 atom stereocenters. The van der Waals surface area contributed by atoms with E-state index in [-0.39, 0.29) is 6.42 Å². The van der Waals surface area contributed by atoms with E-state index in [2.05, 4.69) is 0 Å². The maximum atomic E-state index is 11.2. The van der Waals surface area contributed by atoms with Gasteiger partial charge in [0.15, 0.2) is 0 Å². The van der Waals surface area contributed by atoms with Crippen LogP contribution in [0, 0.1) is 5.92 Å². The summed E-state index contributed by atoms with van der Waals surface area (Å²) in [7, 11) is 1.49. The van der Waals surface area contributed by atoms with Crippen LogP contribution in [0.5, 0.6) is 5.75 Å². The Morgan fingerprint density at radius 1 is 1.47 bits per heavy atom. The lowest BCUT2D eigenvalue weighted by molar-refractivity contribution is -0.144. The highest BCUT2D eigenvalue weighted by atomic mass is 16.6. The molecule has 5 nitrogen and oxygen atoms in total. The highest BCUT2D eigenvalue weighted by Gasteiger charge is 2.42. The number of carboxylic acid groups (broad SMARTS) is 1. The summed E-state index contributed by atoms with van der Waals surface area (Å²) in [6.45, 7) is 0. The number of rotatable bonds is 3. The second-order valence-corrected chi connectivity index (χ2v) is 3.80. The molecule has 0 bridgehead atoms. The Morgan fingerprint density at radius 3 is 2.82 bits per heavy atom. The zero-order valence-electron chi connectivity index (χ0n) is 9.25. The van der Waals surface area contributed by atoms with Crippen molar-refractivity contribution in [2.45, 2.75) is 12.5 Å². The van der Waals surface area contributed by atoms with Crippen LogP contribution in [0.15, 0.2) is 24.3 Å². The number of aliphatic carboxylic acids is 1. The number of carbonyl (C=O) groups is 2. The van der Waals surface area contributed by atoms with Crippen LogP contribution in [0.4, 0.5) is 0 Å². The summed E-state index contributed by atoms with van der Waals surface area (Å²) in [5.41, 5.74) is 0.591. The first-order valence-corrected chi connectivity index (χ1v) is 5.18. The summed E-state index contributed by atoms with van der Waals surface area (Å²) in [6.07, 6.45) is -0.867. The molecule has 1 aromatic rings. The predicted octanol–water partition coefficient (Wildman–Crippen LogP) is 1.38. The van der Waals surface area contributed by atoms with Gasteiger partial charge in [-0.25, -0.2) is 0 Å². The zero-order valence-corrected chi connectivity index (χ0v) is 9.25. The van der Waals surface area contributed by atoms with Crippen molar-refractivity contribution in [3.8, 4) is 5.75 Å². The molecule has 2 rings (SSSR count). The van der Waals surface area contributed by atoms with Gasteiger partial charge in [-0.1, -0.05) is 18.2 Å². The molecule has 0 spiro atoms. The Hall–Kier alpha value is -2.04. The molecule has 1 aliphatic rings. The van der Waals surface area contributed by atoms with E-state index in [4.69, 9.17) is 14.6 Å². The molecule has 0 aliphatic carbocycles. The van der Waals surface area contributed by atoms with Crippen molar-refractivity contribution < 1.29 is 24.2 Å². The largest absolute Gasteiger partial charge is 0.496 e. The Morgan fingerprint density at radius 2 is 2.18 bits per heavy atom. The van der Waals surface area contributed by atoms with Gasteiger partial charge in [0.1, 0.15) is 17.8 Å². The Labute approximate surface area is 98.0 Å². The first-order chi connectivity index (χ1) is 8.13. The summed E-state index contributed by atoms with van der Waals surface area (Å²) in [6, 6.07) is 6.94. The number of hydrogen-bond donors (Lipinski definition) is 1. The van der Waals surface area contributed by atoms with Gasteiger partial charge in [-0.3, -0.25) is 9.59 Å². The molecular weight excluding hydrogens is 224 g/mol. The molecule has 0 amide bonds. The molecule has 1 N–H and O–H groups in total. The number of esters is 1. The van der Waals surface area contributed by atoms with Crippen molar-refractivity contribution in [1.29, 1.82) is 0 Å². The number of cyclic esters (lactones) is 1. The highest BCUT2D eigenvalue weighted by Crippen LogP contribution is 2.39. The fraction of sp³-hybridized carbons (Fsp3) is 0.333. The van der Waals surface area contributed by atoms with Gasteiger partial charge in [0.2, 0.25) is 0 Å². The van der Waals surface area contributed by atoms with Gasteiger partial charge in [-0.15, -0.1) is 0 Å². The van der Waals surface area contributed by atoms with Crippen molar-refractivity contribution in [2.75, 3.05) is 7.11 Å². The number of benzene rings is 1. The molecular formula is C12H12O5. The zero-order chi connectivity index (χ0) is 12.4. The summed E-state index contributed by atoms with van der Waals surface area (Å²) in [5.74, 6) is -1.85. The van der Waals surface area contributed by atoms with Gasteiger partial charge in [0.05, 0.1) is 13.5 Å². The van der Waals surface area contributed by atoms with E-state index >= 15 is 0 Å². The van der Waals surface area contributed by atoms with Crippen LogP contribution < -0.4 is 4.74 Å². The lowest BCUT2D eigenvalue weighted by atomic mass is 9.95. The summed E-state index contributed by atoms with van der Waals surface area (Å²) >= 11 is 0. The lowest BCUT2D eigenvalue weighted by Gasteiger charge is -2.17. The molecule has 5 heteroatoms. The van der Waals surface area contributed by atoms with Crippen LogP contribution >= 0.6 is 0 Å². The van der Waals surface area contributed by atoms with E-state index in [0.717, 1.165) is 0 Å². The third-order valence-corrected chi connectivity index (χ3v) is 2.77. The van der Waals surface area contributed by atoms with Gasteiger partial charge in [0, 0.05) is 5.56 Å². The van der Waals surface area contributed by atoms with Crippen molar-refractivity contribution in [3.63, 3.8) is 0 Å². The maximum absolute atomic E-state index is 11.2. The van der Waals surface area contributed by atoms with Crippen LogP contribution in [-0.4, -0.2) is 24.2 Å². The molecule has 90 valence electrons. The van der Waals surface area contributed by atoms with Crippen molar-refractivity contribution in [1.82, 2.24) is 0 Å². The molecule has 1 saturated heterocycles. The summed E-state index contributed by atoms with van der Waals surface area (Å²) < 4.78 is 10.2. The Bertz CT molecular complexity index is 454. The molecule has 1 aromatic carbocycles. The topological polar surface area (TPSA) is 72.8 Å². The lowest BCUT2D eigenvalue weighted by Crippen LogP contribution is -2.18. The number of ether oxygens (including phenoxy) is 2. The molecule has 0 aromatic heterocycles. The van der Waals surface area contributed by atoms with Crippen LogP contribution in [0.2, 0.25) is 0 Å². The van der Waals surface area contributed by atoms with Gasteiger partial charge >= 0.3 is 11.9 Å². The summed E-state index contributed by atoms with van der Waals surface area (Å²) in [4.78, 5) is 22.3. The van der Waals surface area contributed by atoms with Gasteiger partial charge in [0.25, 0.3) is 0 Å².